The van der Waals surface area contributed by atoms with E-state index >= 15 is 0 Å². The second-order valence-corrected chi connectivity index (χ2v) is 5.33. The molecule has 2 unspecified atom stereocenters. The van der Waals surface area contributed by atoms with E-state index < -0.39 is 0 Å². The Balaban J connectivity index is 2.38. The number of ether oxygens (including phenoxy) is 1. The summed E-state index contributed by atoms with van der Waals surface area (Å²) in [4.78, 5) is 2.28. The van der Waals surface area contributed by atoms with Gasteiger partial charge in [-0.15, -0.1) is 0 Å². The van der Waals surface area contributed by atoms with Crippen LogP contribution in [0.25, 0.3) is 0 Å². The molecule has 2 N–H and O–H groups in total. The van der Waals surface area contributed by atoms with Crippen LogP contribution in [-0.4, -0.2) is 32.1 Å². The number of nitrogens with zero attached hydrogens (tertiary/aromatic N) is 1. The summed E-state index contributed by atoms with van der Waals surface area (Å²) in [7, 11) is 3.69. The number of benzene rings is 1. The molecule has 106 valence electrons. The van der Waals surface area contributed by atoms with Gasteiger partial charge in [-0.25, -0.2) is 4.39 Å². The van der Waals surface area contributed by atoms with Gasteiger partial charge in [-0.1, -0.05) is 6.92 Å². The Hall–Kier alpha value is -1.13. The predicted octanol–water partition coefficient (Wildman–Crippen LogP) is 2.35. The number of aryl methyl sites for hydroxylation is 1. The lowest BCUT2D eigenvalue weighted by atomic mass is 9.96. The van der Waals surface area contributed by atoms with Gasteiger partial charge in [0.25, 0.3) is 0 Å². The van der Waals surface area contributed by atoms with Gasteiger partial charge >= 0.3 is 0 Å². The Kier molecular flexibility index (Phi) is 4.42. The number of nitrogens with two attached hydrogens (primary N) is 1. The van der Waals surface area contributed by atoms with Gasteiger partial charge in [-0.2, -0.15) is 0 Å². The van der Waals surface area contributed by atoms with Crippen LogP contribution in [0.15, 0.2) is 12.1 Å². The summed E-state index contributed by atoms with van der Waals surface area (Å²) in [6, 6.07) is 3.74. The normalized spacial score (nSPS) is 23.8. The van der Waals surface area contributed by atoms with Crippen molar-refractivity contribution in [3.63, 3.8) is 0 Å². The van der Waals surface area contributed by atoms with Crippen LogP contribution in [-0.2, 0) is 6.42 Å². The molecule has 3 nitrogen and oxygen atoms in total. The molecule has 1 aliphatic rings. The summed E-state index contributed by atoms with van der Waals surface area (Å²) in [5, 5.41) is 0. The first-order chi connectivity index (χ1) is 9.10. The number of rotatable bonds is 4. The third-order valence-electron chi connectivity index (χ3n) is 4.11. The number of hydrogen-bond donors (Lipinski definition) is 1. The quantitative estimate of drug-likeness (QED) is 0.909. The Bertz CT molecular complexity index is 450. The van der Waals surface area contributed by atoms with Crippen LogP contribution in [0.1, 0.15) is 30.5 Å². The zero-order chi connectivity index (χ0) is 14.0. The second kappa shape index (κ2) is 5.88. The Morgan fingerprint density at radius 2 is 2.21 bits per heavy atom. The van der Waals surface area contributed by atoms with Crippen molar-refractivity contribution in [3.05, 3.63) is 29.1 Å². The van der Waals surface area contributed by atoms with Crippen LogP contribution < -0.4 is 10.5 Å². The summed E-state index contributed by atoms with van der Waals surface area (Å²) in [6.07, 6.45) is 1.71. The third-order valence-corrected chi connectivity index (χ3v) is 4.11. The first-order valence-electron chi connectivity index (χ1n) is 6.87. The van der Waals surface area contributed by atoms with E-state index in [1.807, 2.05) is 13.0 Å². The van der Waals surface area contributed by atoms with Crippen molar-refractivity contribution in [2.75, 3.05) is 27.2 Å². The molecule has 0 aromatic heterocycles. The Morgan fingerprint density at radius 1 is 1.47 bits per heavy atom. The van der Waals surface area contributed by atoms with E-state index in [1.54, 1.807) is 7.11 Å². The van der Waals surface area contributed by atoms with Crippen molar-refractivity contribution in [1.82, 2.24) is 4.90 Å². The standard InChI is InChI=1S/C15H23FN2O/c1-4-11-6-12(15(19-3)7-13(11)16)14-5-10(8-17)9-18(14)2/h6-7,10,14H,4-5,8-9,17H2,1-3H3. The molecule has 0 saturated carbocycles. The minimum absolute atomic E-state index is 0.181. The summed E-state index contributed by atoms with van der Waals surface area (Å²) in [6.45, 7) is 3.66. The van der Waals surface area contributed by atoms with Crippen molar-refractivity contribution < 1.29 is 9.13 Å². The number of halogens is 1. The molecule has 2 atom stereocenters. The first kappa shape index (κ1) is 14.3. The highest BCUT2D eigenvalue weighted by atomic mass is 19.1. The molecule has 1 fully saturated rings. The lowest BCUT2D eigenvalue weighted by molar-refractivity contribution is 0.302. The van der Waals surface area contributed by atoms with Crippen LogP contribution in [0, 0.1) is 11.7 Å². The molecule has 0 spiro atoms. The van der Waals surface area contributed by atoms with E-state index in [9.17, 15) is 4.39 Å². The van der Waals surface area contributed by atoms with Gasteiger partial charge in [0, 0.05) is 24.2 Å². The summed E-state index contributed by atoms with van der Waals surface area (Å²) >= 11 is 0. The van der Waals surface area contributed by atoms with Crippen LogP contribution in [0.2, 0.25) is 0 Å². The fraction of sp³-hybridized carbons (Fsp3) is 0.600. The van der Waals surface area contributed by atoms with Gasteiger partial charge in [0.2, 0.25) is 0 Å². The topological polar surface area (TPSA) is 38.5 Å². The van der Waals surface area contributed by atoms with Crippen LogP contribution in [0.5, 0.6) is 5.75 Å². The molecule has 0 aliphatic carbocycles. The van der Waals surface area contributed by atoms with E-state index in [4.69, 9.17) is 10.5 Å². The fourth-order valence-corrected chi connectivity index (χ4v) is 2.97. The summed E-state index contributed by atoms with van der Waals surface area (Å²) in [5.41, 5.74) is 7.60. The summed E-state index contributed by atoms with van der Waals surface area (Å²) < 4.78 is 19.2. The van der Waals surface area contributed by atoms with Gasteiger partial charge in [-0.3, -0.25) is 4.90 Å². The maximum absolute atomic E-state index is 13.8. The highest BCUT2D eigenvalue weighted by Crippen LogP contribution is 2.39. The van der Waals surface area contributed by atoms with Crippen molar-refractivity contribution in [2.45, 2.75) is 25.8 Å². The highest BCUT2D eigenvalue weighted by Gasteiger charge is 2.32. The molecule has 4 heteroatoms. The zero-order valence-corrected chi connectivity index (χ0v) is 11.9. The van der Waals surface area contributed by atoms with E-state index in [1.165, 1.54) is 6.07 Å². The van der Waals surface area contributed by atoms with Crippen LogP contribution in [0.3, 0.4) is 0 Å². The Morgan fingerprint density at radius 3 is 2.74 bits per heavy atom. The van der Waals surface area contributed by atoms with Gasteiger partial charge in [-0.05, 0) is 44.0 Å². The van der Waals surface area contributed by atoms with Crippen LogP contribution in [0.4, 0.5) is 4.39 Å². The number of methoxy groups -OCH3 is 1. The van der Waals surface area contributed by atoms with Crippen molar-refractivity contribution in [3.8, 4) is 5.75 Å². The van der Waals surface area contributed by atoms with Crippen LogP contribution >= 0.6 is 0 Å². The molecule has 1 aromatic carbocycles. The molecule has 1 aromatic rings. The zero-order valence-electron chi connectivity index (χ0n) is 11.9. The lowest BCUT2D eigenvalue weighted by Gasteiger charge is -2.22. The molecule has 19 heavy (non-hydrogen) atoms. The minimum Gasteiger partial charge on any atom is -0.496 e. The molecular weight excluding hydrogens is 243 g/mol. The van der Waals surface area contributed by atoms with Gasteiger partial charge in [0.05, 0.1) is 7.11 Å². The fourth-order valence-electron chi connectivity index (χ4n) is 2.97. The molecule has 0 radical (unpaired) electrons. The lowest BCUT2D eigenvalue weighted by Crippen LogP contribution is -2.21. The molecule has 1 aliphatic heterocycles. The van der Waals surface area contributed by atoms with E-state index in [2.05, 4.69) is 11.9 Å². The largest absolute Gasteiger partial charge is 0.496 e. The van der Waals surface area contributed by atoms with Crippen molar-refractivity contribution >= 4 is 0 Å². The Labute approximate surface area is 114 Å². The molecule has 0 bridgehead atoms. The molecule has 1 saturated heterocycles. The second-order valence-electron chi connectivity index (χ2n) is 5.33. The minimum atomic E-state index is -0.181. The van der Waals surface area contributed by atoms with Gasteiger partial charge in [0.1, 0.15) is 11.6 Å². The third kappa shape index (κ3) is 2.74. The maximum atomic E-state index is 13.8. The van der Waals surface area contributed by atoms with Crippen molar-refractivity contribution in [1.29, 1.82) is 0 Å². The summed E-state index contributed by atoms with van der Waals surface area (Å²) in [5.74, 6) is 0.971. The van der Waals surface area contributed by atoms with E-state index in [0.717, 1.165) is 24.1 Å². The number of likely N-dealkylation sites (tertiary alicyclic amines) is 1. The average molecular weight is 266 g/mol. The van der Waals surface area contributed by atoms with Gasteiger partial charge in [0.15, 0.2) is 0 Å². The maximum Gasteiger partial charge on any atom is 0.130 e. The smallest absolute Gasteiger partial charge is 0.130 e. The van der Waals surface area contributed by atoms with Gasteiger partial charge < -0.3 is 10.5 Å². The van der Waals surface area contributed by atoms with E-state index in [0.29, 0.717) is 24.6 Å². The first-order valence-corrected chi connectivity index (χ1v) is 6.87. The molecule has 1 heterocycles. The molecule has 2 rings (SSSR count). The number of hydrogen-bond acceptors (Lipinski definition) is 3. The SMILES string of the molecule is CCc1cc(C2CC(CN)CN2C)c(OC)cc1F. The van der Waals surface area contributed by atoms with Crippen molar-refractivity contribution in [2.24, 2.45) is 11.7 Å². The monoisotopic (exact) mass is 266 g/mol. The van der Waals surface area contributed by atoms with E-state index in [-0.39, 0.29) is 11.9 Å². The predicted molar refractivity (Wildman–Crippen MR) is 74.9 cm³/mol. The molecule has 0 amide bonds. The average Bonchev–Trinajstić information content (AvgIpc) is 2.79. The highest BCUT2D eigenvalue weighted by molar-refractivity contribution is 5.41. The molecular formula is C15H23FN2O.